The number of aromatic nitrogens is 2. The molecule has 1 fully saturated rings. The van der Waals surface area contributed by atoms with Crippen molar-refractivity contribution in [3.63, 3.8) is 0 Å². The quantitative estimate of drug-likeness (QED) is 0.203. The number of hydrogen-bond donors (Lipinski definition) is 2. The van der Waals surface area contributed by atoms with E-state index in [0.717, 1.165) is 44.8 Å². The molecular formula is C32H33ClFN5O6. The monoisotopic (exact) mass is 637 g/mol. The smallest absolute Gasteiger partial charge is 0.319 e. The zero-order valence-corrected chi connectivity index (χ0v) is 25.4. The highest BCUT2D eigenvalue weighted by atomic mass is 35.5. The minimum absolute atomic E-state index is 0.253. The van der Waals surface area contributed by atoms with Crippen LogP contribution in [-0.4, -0.2) is 73.6 Å². The second kappa shape index (κ2) is 14.1. The molecule has 45 heavy (non-hydrogen) atoms. The van der Waals surface area contributed by atoms with Crippen LogP contribution in [0.25, 0.3) is 10.9 Å². The second-order valence-electron chi connectivity index (χ2n) is 10.6. The molecule has 0 saturated carbocycles. The van der Waals surface area contributed by atoms with E-state index < -0.39 is 6.03 Å². The standard InChI is InChI=1S/C32H33ClFN5O6/c1-20(21-3-5-22(34)6-4-21)37-32(40)38-25-8-7-23(17-24(25)33)45-31-28-26(35-19-36-31)18-27(29-30(28)44-16-15-43-29)42-12-2-9-39-10-13-41-14-11-39/h3-8,17-20H,2,9-16H2,1H3,(H2,37,38,40)/t20-/m1/s1. The largest absolute Gasteiger partial charge is 0.489 e. The molecule has 2 amide bonds. The van der Waals surface area contributed by atoms with Gasteiger partial charge in [-0.3, -0.25) is 4.90 Å². The molecule has 0 bridgehead atoms. The first-order valence-corrected chi connectivity index (χ1v) is 15.1. The number of nitrogens with one attached hydrogen (secondary N) is 2. The number of morpholine rings is 1. The van der Waals surface area contributed by atoms with E-state index >= 15 is 0 Å². The van der Waals surface area contributed by atoms with Crippen LogP contribution in [0.3, 0.4) is 0 Å². The molecule has 1 saturated heterocycles. The Balaban J connectivity index is 1.14. The number of carbonyl (C=O) groups is 1. The van der Waals surface area contributed by atoms with Gasteiger partial charge in [-0.1, -0.05) is 23.7 Å². The number of nitrogens with zero attached hydrogens (tertiary/aromatic N) is 3. The van der Waals surface area contributed by atoms with E-state index in [2.05, 4.69) is 25.5 Å². The van der Waals surface area contributed by atoms with Crippen LogP contribution in [0.5, 0.6) is 28.9 Å². The van der Waals surface area contributed by atoms with Crippen molar-refractivity contribution in [3.05, 3.63) is 71.3 Å². The summed E-state index contributed by atoms with van der Waals surface area (Å²) in [4.78, 5) is 23.8. The van der Waals surface area contributed by atoms with Crippen LogP contribution >= 0.6 is 11.6 Å². The Morgan fingerprint density at radius 3 is 2.60 bits per heavy atom. The van der Waals surface area contributed by atoms with Gasteiger partial charge >= 0.3 is 6.03 Å². The van der Waals surface area contributed by atoms with Gasteiger partial charge in [-0.15, -0.1) is 0 Å². The van der Waals surface area contributed by atoms with Crippen molar-refractivity contribution in [1.29, 1.82) is 0 Å². The fraction of sp³-hybridized carbons (Fsp3) is 0.344. The molecular weight excluding hydrogens is 605 g/mol. The summed E-state index contributed by atoms with van der Waals surface area (Å²) in [5.74, 6) is 1.79. The molecule has 2 N–H and O–H groups in total. The molecule has 1 aromatic heterocycles. The highest BCUT2D eigenvalue weighted by molar-refractivity contribution is 6.33. The van der Waals surface area contributed by atoms with E-state index in [0.29, 0.717) is 59.4 Å². The summed E-state index contributed by atoms with van der Waals surface area (Å²) in [6.45, 7) is 7.35. The van der Waals surface area contributed by atoms with Gasteiger partial charge in [0.15, 0.2) is 11.5 Å². The molecule has 1 atom stereocenters. The fourth-order valence-corrected chi connectivity index (χ4v) is 5.34. The van der Waals surface area contributed by atoms with Crippen LogP contribution in [0, 0.1) is 5.82 Å². The number of fused-ring (bicyclic) bond motifs is 3. The second-order valence-corrected chi connectivity index (χ2v) is 11.0. The Morgan fingerprint density at radius 2 is 1.82 bits per heavy atom. The number of halogens is 2. The number of hydrogen-bond acceptors (Lipinski definition) is 9. The van der Waals surface area contributed by atoms with Crippen LogP contribution in [-0.2, 0) is 4.74 Å². The third kappa shape index (κ3) is 7.47. The van der Waals surface area contributed by atoms with Crippen molar-refractivity contribution in [3.8, 4) is 28.9 Å². The maximum atomic E-state index is 13.2. The SMILES string of the molecule is C[C@@H](NC(=O)Nc1ccc(Oc2ncnc3cc(OCCCN4CCOCC4)c4c(c23)OCCO4)cc1Cl)c1ccc(F)cc1. The van der Waals surface area contributed by atoms with E-state index in [-0.39, 0.29) is 22.8 Å². The van der Waals surface area contributed by atoms with Crippen molar-refractivity contribution in [2.75, 3.05) is 58.0 Å². The number of benzene rings is 3. The summed E-state index contributed by atoms with van der Waals surface area (Å²) in [6.07, 6.45) is 2.26. The van der Waals surface area contributed by atoms with Gasteiger partial charge in [0.1, 0.15) is 36.5 Å². The Kier molecular flexibility index (Phi) is 9.63. The zero-order valence-electron chi connectivity index (χ0n) is 24.7. The first kappa shape index (κ1) is 30.6. The van der Waals surface area contributed by atoms with Gasteiger partial charge in [-0.2, -0.15) is 0 Å². The van der Waals surface area contributed by atoms with E-state index in [1.54, 1.807) is 43.3 Å². The van der Waals surface area contributed by atoms with Crippen LogP contribution < -0.4 is 29.6 Å². The van der Waals surface area contributed by atoms with E-state index in [4.69, 9.17) is 35.3 Å². The first-order chi connectivity index (χ1) is 21.9. The molecule has 0 aliphatic carbocycles. The van der Waals surface area contributed by atoms with Crippen LogP contribution in [0.1, 0.15) is 24.9 Å². The first-order valence-electron chi connectivity index (χ1n) is 14.7. The molecule has 236 valence electrons. The fourth-order valence-electron chi connectivity index (χ4n) is 5.12. The number of amides is 2. The molecule has 0 unspecified atom stereocenters. The number of carbonyl (C=O) groups excluding carboxylic acids is 1. The van der Waals surface area contributed by atoms with E-state index in [9.17, 15) is 9.18 Å². The van der Waals surface area contributed by atoms with Crippen molar-refractivity contribution >= 4 is 34.2 Å². The summed E-state index contributed by atoms with van der Waals surface area (Å²) in [6, 6.07) is 11.8. The molecule has 2 aliphatic rings. The topological polar surface area (TPSA) is 116 Å². The van der Waals surface area contributed by atoms with Crippen LogP contribution in [0.4, 0.5) is 14.9 Å². The van der Waals surface area contributed by atoms with Gasteiger partial charge < -0.3 is 34.3 Å². The third-order valence-electron chi connectivity index (χ3n) is 7.44. The van der Waals surface area contributed by atoms with Crippen molar-refractivity contribution in [2.45, 2.75) is 19.4 Å². The van der Waals surface area contributed by atoms with Crippen molar-refractivity contribution < 1.29 is 32.9 Å². The van der Waals surface area contributed by atoms with Gasteiger partial charge in [0.2, 0.25) is 11.6 Å². The molecule has 2 aliphatic heterocycles. The third-order valence-corrected chi connectivity index (χ3v) is 7.76. The lowest BCUT2D eigenvalue weighted by Gasteiger charge is -2.26. The minimum atomic E-state index is -0.466. The lowest BCUT2D eigenvalue weighted by molar-refractivity contribution is 0.0357. The minimum Gasteiger partial charge on any atom is -0.489 e. The van der Waals surface area contributed by atoms with Crippen LogP contribution in [0.15, 0.2) is 54.9 Å². The summed E-state index contributed by atoms with van der Waals surface area (Å²) in [7, 11) is 0. The van der Waals surface area contributed by atoms with Crippen molar-refractivity contribution in [1.82, 2.24) is 20.2 Å². The van der Waals surface area contributed by atoms with Gasteiger partial charge in [0.25, 0.3) is 0 Å². The maximum absolute atomic E-state index is 13.2. The highest BCUT2D eigenvalue weighted by Crippen LogP contribution is 2.48. The van der Waals surface area contributed by atoms with Gasteiger partial charge in [0.05, 0.1) is 42.1 Å². The number of ether oxygens (including phenoxy) is 5. The molecule has 0 spiro atoms. The summed E-state index contributed by atoms with van der Waals surface area (Å²) >= 11 is 6.51. The van der Waals surface area contributed by atoms with Gasteiger partial charge in [0, 0.05) is 31.8 Å². The van der Waals surface area contributed by atoms with Crippen LogP contribution in [0.2, 0.25) is 5.02 Å². The van der Waals surface area contributed by atoms with Gasteiger partial charge in [-0.05, 0) is 43.2 Å². The lowest BCUT2D eigenvalue weighted by Crippen LogP contribution is -2.37. The lowest BCUT2D eigenvalue weighted by atomic mass is 10.1. The Bertz CT molecular complexity index is 1650. The number of rotatable bonds is 10. The maximum Gasteiger partial charge on any atom is 0.319 e. The average Bonchev–Trinajstić information content (AvgIpc) is 3.05. The number of urea groups is 1. The van der Waals surface area contributed by atoms with E-state index in [1.165, 1.54) is 18.5 Å². The highest BCUT2D eigenvalue weighted by Gasteiger charge is 2.25. The predicted molar refractivity (Wildman–Crippen MR) is 166 cm³/mol. The van der Waals surface area contributed by atoms with E-state index in [1.807, 2.05) is 0 Å². The Hall–Kier alpha value is -4.39. The molecule has 6 rings (SSSR count). The molecule has 13 heteroatoms. The van der Waals surface area contributed by atoms with Gasteiger partial charge in [-0.25, -0.2) is 19.2 Å². The molecule has 3 heterocycles. The summed E-state index contributed by atoms with van der Waals surface area (Å²) < 4.78 is 42.9. The molecule has 0 radical (unpaired) electrons. The van der Waals surface area contributed by atoms with Crippen molar-refractivity contribution in [2.24, 2.45) is 0 Å². The zero-order chi connectivity index (χ0) is 31.2. The molecule has 4 aromatic rings. The predicted octanol–water partition coefficient (Wildman–Crippen LogP) is 5.97. The average molecular weight is 638 g/mol. The Labute approximate surface area is 264 Å². The Morgan fingerprint density at radius 1 is 1.04 bits per heavy atom. The molecule has 11 nitrogen and oxygen atoms in total. The molecule has 3 aromatic carbocycles. The summed E-state index contributed by atoms with van der Waals surface area (Å²) in [5.41, 5.74) is 1.71. The number of anilines is 1. The normalized spacial score (nSPS) is 15.4. The summed E-state index contributed by atoms with van der Waals surface area (Å²) in [5, 5.41) is 6.34.